The number of carbonyl (C=O) groups excluding carboxylic acids is 2. The molecule has 2 heterocycles. The van der Waals surface area contributed by atoms with E-state index in [1.165, 1.54) is 12.0 Å². The van der Waals surface area contributed by atoms with Crippen LogP contribution in [0.25, 0.3) is 22.2 Å². The van der Waals surface area contributed by atoms with Crippen molar-refractivity contribution in [3.05, 3.63) is 53.1 Å². The first-order valence-corrected chi connectivity index (χ1v) is 18.2. The van der Waals surface area contributed by atoms with E-state index in [4.69, 9.17) is 11.2 Å². The Hall–Kier alpha value is -3.77. The second kappa shape index (κ2) is 12.1. The number of terminal acetylenes is 1. The topological polar surface area (TPSA) is 97.7 Å². The second-order valence-corrected chi connectivity index (χ2v) is 15.9. The quantitative estimate of drug-likeness (QED) is 0.266. The number of benzene rings is 2. The van der Waals surface area contributed by atoms with Gasteiger partial charge in [-0.05, 0) is 86.9 Å². The number of amides is 2. The second-order valence-electron chi connectivity index (χ2n) is 13.7. The van der Waals surface area contributed by atoms with E-state index in [9.17, 15) is 18.0 Å². The Morgan fingerprint density at radius 1 is 1.15 bits per heavy atom. The molecule has 46 heavy (non-hydrogen) atoms. The average Bonchev–Trinajstić information content (AvgIpc) is 3.72. The Balaban J connectivity index is 1.58. The molecule has 0 radical (unpaired) electrons. The molecule has 2 fully saturated rings. The van der Waals surface area contributed by atoms with Crippen molar-refractivity contribution in [3.63, 3.8) is 0 Å². The van der Waals surface area contributed by atoms with Crippen molar-refractivity contribution >= 4 is 32.7 Å². The lowest BCUT2D eigenvalue weighted by atomic mass is 9.81. The van der Waals surface area contributed by atoms with Gasteiger partial charge in [0.1, 0.15) is 5.75 Å². The number of methoxy groups -OCH3 is 1. The van der Waals surface area contributed by atoms with E-state index >= 15 is 0 Å². The van der Waals surface area contributed by atoms with Crippen molar-refractivity contribution in [3.8, 4) is 29.4 Å². The fourth-order valence-electron chi connectivity index (χ4n) is 7.88. The number of ether oxygens (including phenoxy) is 1. The Morgan fingerprint density at radius 3 is 2.54 bits per heavy atom. The van der Waals surface area contributed by atoms with Gasteiger partial charge >= 0.3 is 0 Å². The minimum Gasteiger partial charge on any atom is -0.497 e. The van der Waals surface area contributed by atoms with Crippen LogP contribution in [0.3, 0.4) is 0 Å². The molecule has 2 aromatic carbocycles. The first-order valence-electron chi connectivity index (χ1n) is 16.6. The zero-order chi connectivity index (χ0) is 33.0. The molecule has 3 aliphatic rings. The molecule has 244 valence electrons. The molecule has 2 amide bonds. The largest absolute Gasteiger partial charge is 0.497 e. The number of hydrogen-bond acceptors (Lipinski definition) is 5. The summed E-state index contributed by atoms with van der Waals surface area (Å²) in [7, 11) is -0.327. The molecule has 2 saturated carbocycles. The predicted molar refractivity (Wildman–Crippen MR) is 181 cm³/mol. The molecule has 1 aliphatic heterocycles. The molecule has 8 nitrogen and oxygen atoms in total. The lowest BCUT2D eigenvalue weighted by molar-refractivity contribution is -0.137. The molecular weight excluding hydrogens is 598 g/mol. The van der Waals surface area contributed by atoms with E-state index < -0.39 is 26.6 Å². The molecule has 0 spiro atoms. The highest BCUT2D eigenvalue weighted by molar-refractivity contribution is 7.90. The van der Waals surface area contributed by atoms with Gasteiger partial charge in [-0.15, -0.1) is 6.42 Å². The molecule has 9 heteroatoms. The Bertz CT molecular complexity index is 1850. The predicted octanol–water partition coefficient (Wildman–Crippen LogP) is 6.58. The number of sulfonamides is 1. The zero-order valence-corrected chi connectivity index (χ0v) is 28.4. The van der Waals surface area contributed by atoms with Crippen LogP contribution in [0.2, 0.25) is 0 Å². The summed E-state index contributed by atoms with van der Waals surface area (Å²) >= 11 is 0. The third-order valence-electron chi connectivity index (χ3n) is 10.6. The lowest BCUT2D eigenvalue weighted by Gasteiger charge is -2.29. The number of nitrogens with zero attached hydrogens (tertiary/aromatic N) is 2. The molecule has 2 aliphatic carbocycles. The van der Waals surface area contributed by atoms with Gasteiger partial charge < -0.3 is 14.2 Å². The van der Waals surface area contributed by atoms with Crippen LogP contribution in [-0.2, 0) is 21.4 Å². The highest BCUT2D eigenvalue weighted by Crippen LogP contribution is 2.66. The number of carbonyl (C=O) groups is 2. The molecule has 1 aromatic heterocycles. The molecule has 6 rings (SSSR count). The van der Waals surface area contributed by atoms with Crippen molar-refractivity contribution in [2.24, 2.45) is 5.41 Å². The fourth-order valence-corrected chi connectivity index (χ4v) is 8.50. The van der Waals surface area contributed by atoms with E-state index in [2.05, 4.69) is 34.3 Å². The molecule has 3 atom stereocenters. The summed E-state index contributed by atoms with van der Waals surface area (Å²) in [5.74, 6) is 3.29. The van der Waals surface area contributed by atoms with E-state index in [0.29, 0.717) is 18.9 Å². The van der Waals surface area contributed by atoms with Crippen LogP contribution in [0, 0.1) is 17.8 Å². The number of aromatic nitrogens is 1. The lowest BCUT2D eigenvalue weighted by Crippen LogP contribution is -2.42. The number of hydrogen-bond donors (Lipinski definition) is 1. The maximum atomic E-state index is 14.6. The normalized spacial score (nSPS) is 21.4. The maximum Gasteiger partial charge on any atom is 0.264 e. The first kappa shape index (κ1) is 32.2. The summed E-state index contributed by atoms with van der Waals surface area (Å²) in [6, 6.07) is 11.4. The van der Waals surface area contributed by atoms with Crippen molar-refractivity contribution < 1.29 is 22.7 Å². The van der Waals surface area contributed by atoms with Gasteiger partial charge in [0, 0.05) is 41.5 Å². The van der Waals surface area contributed by atoms with E-state index in [1.54, 1.807) is 31.9 Å². The summed E-state index contributed by atoms with van der Waals surface area (Å²) in [6.45, 7) is 5.59. The van der Waals surface area contributed by atoms with Crippen LogP contribution in [0.4, 0.5) is 0 Å². The van der Waals surface area contributed by atoms with E-state index in [0.717, 1.165) is 72.0 Å². The van der Waals surface area contributed by atoms with Gasteiger partial charge in [-0.1, -0.05) is 44.6 Å². The summed E-state index contributed by atoms with van der Waals surface area (Å²) in [6.07, 6.45) is 13.9. The average molecular weight is 644 g/mol. The Morgan fingerprint density at radius 2 is 1.89 bits per heavy atom. The fraction of sp³-hybridized carbons (Fsp3) is 0.514. The van der Waals surface area contributed by atoms with Crippen molar-refractivity contribution in [2.75, 3.05) is 14.2 Å². The highest BCUT2D eigenvalue weighted by atomic mass is 32.2. The number of nitrogens with one attached hydrogen (secondary N) is 1. The Kier molecular flexibility index (Phi) is 8.47. The molecule has 3 unspecified atom stereocenters. The monoisotopic (exact) mass is 643 g/mol. The van der Waals surface area contributed by atoms with Gasteiger partial charge in [0.2, 0.25) is 15.9 Å². The van der Waals surface area contributed by atoms with Crippen LogP contribution in [0.1, 0.15) is 105 Å². The van der Waals surface area contributed by atoms with Crippen LogP contribution >= 0.6 is 0 Å². The van der Waals surface area contributed by atoms with E-state index in [1.807, 2.05) is 25.2 Å². The van der Waals surface area contributed by atoms with Crippen LogP contribution < -0.4 is 9.46 Å². The summed E-state index contributed by atoms with van der Waals surface area (Å²) < 4.78 is 35.4. The minimum absolute atomic E-state index is 0.00979. The standard InChI is InChI=1S/C37H45N3O5S/c1-7-12-26(8-2)39(5)36(42)37-21-31(37)30-20-27(45-6)16-18-28(30)34-33(24-13-10-9-11-14-24)29-17-15-25(19-32(29)40(34)22-37)35(41)38-46(43,44)23(3)4/h2,15-20,23-24,26,31H,7,9-14,21-22H2,1,3-6H3,(H,38,41). The maximum absolute atomic E-state index is 14.6. The van der Waals surface area contributed by atoms with Gasteiger partial charge in [-0.3, -0.25) is 9.59 Å². The van der Waals surface area contributed by atoms with Gasteiger partial charge in [0.05, 0.1) is 29.5 Å². The summed E-state index contributed by atoms with van der Waals surface area (Å²) in [5, 5.41) is 0.305. The van der Waals surface area contributed by atoms with Crippen molar-refractivity contribution in [2.45, 2.75) is 102 Å². The van der Waals surface area contributed by atoms with Crippen LogP contribution in [-0.4, -0.2) is 55.1 Å². The summed E-state index contributed by atoms with van der Waals surface area (Å²) in [4.78, 5) is 29.7. The number of fused-ring (bicyclic) bond motifs is 7. The van der Waals surface area contributed by atoms with Crippen LogP contribution in [0.5, 0.6) is 5.75 Å². The zero-order valence-electron chi connectivity index (χ0n) is 27.6. The van der Waals surface area contributed by atoms with Gasteiger partial charge in [-0.25, -0.2) is 13.1 Å². The van der Waals surface area contributed by atoms with Gasteiger partial charge in [0.25, 0.3) is 5.91 Å². The third-order valence-corrected chi connectivity index (χ3v) is 12.3. The van der Waals surface area contributed by atoms with Crippen LogP contribution in [0.15, 0.2) is 36.4 Å². The molecular formula is C37H45N3O5S. The van der Waals surface area contributed by atoms with Gasteiger partial charge in [0.15, 0.2) is 0 Å². The minimum atomic E-state index is -3.81. The van der Waals surface area contributed by atoms with Gasteiger partial charge in [-0.2, -0.15) is 0 Å². The van der Waals surface area contributed by atoms with E-state index in [-0.39, 0.29) is 23.4 Å². The molecule has 0 saturated heterocycles. The number of rotatable bonds is 9. The molecule has 1 N–H and O–H groups in total. The first-order chi connectivity index (χ1) is 22.0. The third kappa shape index (κ3) is 5.29. The molecule has 3 aromatic rings. The highest BCUT2D eigenvalue weighted by Gasteiger charge is 2.64. The van der Waals surface area contributed by atoms with Crippen molar-refractivity contribution in [1.82, 2.24) is 14.2 Å². The van der Waals surface area contributed by atoms with Crippen molar-refractivity contribution in [1.29, 1.82) is 0 Å². The molecule has 0 bridgehead atoms. The SMILES string of the molecule is C#CC(CCC)N(C)C(=O)C12CC1c1cc(OC)ccc1-c1c(C3CCCCC3)c3ccc(C(=O)NS(=O)(=O)C(C)C)cc3n1C2. The smallest absolute Gasteiger partial charge is 0.264 e. The summed E-state index contributed by atoms with van der Waals surface area (Å²) in [5.41, 5.74) is 4.95. The Labute approximate surface area is 272 Å².